The molecule has 0 unspecified atom stereocenters. The van der Waals surface area contributed by atoms with Gasteiger partial charge < -0.3 is 0 Å². The zero-order valence-corrected chi connectivity index (χ0v) is 14.1. The molecule has 0 radical (unpaired) electrons. The van der Waals surface area contributed by atoms with Crippen LogP contribution in [0.3, 0.4) is 0 Å². The van der Waals surface area contributed by atoms with Crippen LogP contribution in [0.15, 0.2) is 52.1 Å². The van der Waals surface area contributed by atoms with Gasteiger partial charge in [0.15, 0.2) is 0 Å². The van der Waals surface area contributed by atoms with Crippen LogP contribution in [-0.2, 0) is 15.4 Å². The fourth-order valence-electron chi connectivity index (χ4n) is 2.67. The molecule has 21 heavy (non-hydrogen) atoms. The van der Waals surface area contributed by atoms with E-state index in [2.05, 4.69) is 34.8 Å². The van der Waals surface area contributed by atoms with Crippen molar-refractivity contribution in [2.75, 3.05) is 10.8 Å². The Kier molecular flexibility index (Phi) is 3.33. The number of rotatable bonds is 2. The monoisotopic (exact) mass is 366 g/mol. The van der Waals surface area contributed by atoms with E-state index in [1.165, 1.54) is 10.5 Å². The number of nitrogens with zero attached hydrogens (tertiary/aromatic N) is 2. The summed E-state index contributed by atoms with van der Waals surface area (Å²) in [4.78, 5) is 4.13. The fourth-order valence-corrected chi connectivity index (χ4v) is 5.00. The molecule has 1 aromatic carbocycles. The molecule has 0 saturated heterocycles. The van der Waals surface area contributed by atoms with Gasteiger partial charge in [-0.05, 0) is 39.7 Å². The van der Waals surface area contributed by atoms with Crippen molar-refractivity contribution < 1.29 is 8.42 Å². The normalized spacial score (nSPS) is 16.8. The Labute approximate surface area is 133 Å². The van der Waals surface area contributed by atoms with Crippen LogP contribution < -0.4 is 4.31 Å². The van der Waals surface area contributed by atoms with Gasteiger partial charge in [-0.25, -0.2) is 8.42 Å². The van der Waals surface area contributed by atoms with E-state index in [0.29, 0.717) is 6.54 Å². The Morgan fingerprint density at radius 1 is 1.24 bits per heavy atom. The van der Waals surface area contributed by atoms with E-state index in [-0.39, 0.29) is 10.3 Å². The molecule has 1 aliphatic heterocycles. The molecule has 0 aliphatic carbocycles. The summed E-state index contributed by atoms with van der Waals surface area (Å²) in [5.74, 6) is 0. The second kappa shape index (κ2) is 4.81. The van der Waals surface area contributed by atoms with E-state index < -0.39 is 10.0 Å². The molecule has 0 spiro atoms. The molecule has 6 heteroatoms. The molecule has 0 N–H and O–H groups in total. The van der Waals surface area contributed by atoms with Crippen molar-refractivity contribution in [3.63, 3.8) is 0 Å². The van der Waals surface area contributed by atoms with E-state index in [1.54, 1.807) is 18.3 Å². The summed E-state index contributed by atoms with van der Waals surface area (Å²) in [6.07, 6.45) is 2.95. The van der Waals surface area contributed by atoms with Crippen molar-refractivity contribution >= 4 is 31.6 Å². The fraction of sp³-hybridized carbons (Fsp3) is 0.267. The minimum atomic E-state index is -3.60. The maximum absolute atomic E-state index is 12.9. The molecule has 110 valence electrons. The minimum absolute atomic E-state index is 0.212. The molecule has 1 aliphatic rings. The molecular formula is C15H15BrN2O2S. The summed E-state index contributed by atoms with van der Waals surface area (Å²) in [5, 5.41) is 0. The van der Waals surface area contributed by atoms with Gasteiger partial charge >= 0.3 is 0 Å². The van der Waals surface area contributed by atoms with Crippen LogP contribution in [0.25, 0.3) is 0 Å². The Hall–Kier alpha value is -1.40. The van der Waals surface area contributed by atoms with Crippen molar-refractivity contribution in [3.8, 4) is 0 Å². The first-order valence-corrected chi connectivity index (χ1v) is 8.79. The largest absolute Gasteiger partial charge is 0.265 e. The molecule has 1 aromatic heterocycles. The van der Waals surface area contributed by atoms with Gasteiger partial charge in [-0.3, -0.25) is 9.29 Å². The zero-order chi connectivity index (χ0) is 15.3. The Morgan fingerprint density at radius 2 is 2.00 bits per heavy atom. The molecule has 0 fully saturated rings. The molecule has 0 bridgehead atoms. The van der Waals surface area contributed by atoms with E-state index in [4.69, 9.17) is 0 Å². The molecule has 2 aromatic rings. The van der Waals surface area contributed by atoms with Gasteiger partial charge in [-0.1, -0.05) is 26.0 Å². The highest BCUT2D eigenvalue weighted by molar-refractivity contribution is 9.10. The van der Waals surface area contributed by atoms with Gasteiger partial charge in [-0.2, -0.15) is 0 Å². The number of aromatic nitrogens is 1. The first-order valence-electron chi connectivity index (χ1n) is 6.56. The van der Waals surface area contributed by atoms with Gasteiger partial charge in [-0.15, -0.1) is 0 Å². The van der Waals surface area contributed by atoms with Gasteiger partial charge in [0.05, 0.1) is 5.69 Å². The smallest absolute Gasteiger partial charge is 0.264 e. The first-order chi connectivity index (χ1) is 9.84. The van der Waals surface area contributed by atoms with Crippen LogP contribution in [0.4, 0.5) is 5.69 Å². The lowest BCUT2D eigenvalue weighted by Crippen LogP contribution is -2.34. The molecule has 4 nitrogen and oxygen atoms in total. The summed E-state index contributed by atoms with van der Waals surface area (Å²) in [6, 6.07) is 8.99. The topological polar surface area (TPSA) is 50.3 Å². The first kappa shape index (κ1) is 14.5. The Balaban J connectivity index is 2.19. The Morgan fingerprint density at radius 3 is 2.67 bits per heavy atom. The van der Waals surface area contributed by atoms with E-state index in [9.17, 15) is 8.42 Å². The highest BCUT2D eigenvalue weighted by Gasteiger charge is 2.42. The number of benzene rings is 1. The second-order valence-electron chi connectivity index (χ2n) is 5.72. The van der Waals surface area contributed by atoms with Gasteiger partial charge in [0.25, 0.3) is 10.0 Å². The van der Waals surface area contributed by atoms with Gasteiger partial charge in [0, 0.05) is 28.8 Å². The van der Waals surface area contributed by atoms with Crippen LogP contribution in [0.1, 0.15) is 19.4 Å². The van der Waals surface area contributed by atoms with Crippen molar-refractivity contribution in [2.24, 2.45) is 0 Å². The molecule has 2 heterocycles. The molecule has 0 saturated carbocycles. The summed E-state index contributed by atoms with van der Waals surface area (Å²) in [7, 11) is -3.60. The van der Waals surface area contributed by atoms with Gasteiger partial charge in [0.2, 0.25) is 0 Å². The van der Waals surface area contributed by atoms with Crippen molar-refractivity contribution in [3.05, 3.63) is 52.8 Å². The number of hydrogen-bond acceptors (Lipinski definition) is 3. The quantitative estimate of drug-likeness (QED) is 0.818. The summed E-state index contributed by atoms with van der Waals surface area (Å²) >= 11 is 3.48. The number of anilines is 1. The molecule has 3 rings (SSSR count). The predicted octanol–water partition coefficient (Wildman–Crippen LogP) is 3.33. The lowest BCUT2D eigenvalue weighted by molar-refractivity contribution is 0.554. The van der Waals surface area contributed by atoms with Gasteiger partial charge in [0.1, 0.15) is 4.90 Å². The SMILES string of the molecule is CC1(C)CN(S(=O)(=O)c2cccnc2)c2c(Br)cccc21. The molecule has 0 atom stereocenters. The van der Waals surface area contributed by atoms with E-state index in [0.717, 1.165) is 15.7 Å². The number of fused-ring (bicyclic) bond motifs is 1. The lowest BCUT2D eigenvalue weighted by Gasteiger charge is -2.22. The van der Waals surface area contributed by atoms with Crippen LogP contribution in [-0.4, -0.2) is 19.9 Å². The third-order valence-electron chi connectivity index (χ3n) is 3.73. The zero-order valence-electron chi connectivity index (χ0n) is 11.7. The van der Waals surface area contributed by atoms with E-state index >= 15 is 0 Å². The van der Waals surface area contributed by atoms with E-state index in [1.807, 2.05) is 18.2 Å². The second-order valence-corrected chi connectivity index (χ2v) is 8.44. The number of pyridine rings is 1. The number of hydrogen-bond donors (Lipinski definition) is 0. The Bertz CT molecular complexity index is 789. The average Bonchev–Trinajstić information content (AvgIpc) is 2.74. The maximum atomic E-state index is 12.9. The maximum Gasteiger partial charge on any atom is 0.265 e. The highest BCUT2D eigenvalue weighted by Crippen LogP contribution is 2.46. The van der Waals surface area contributed by atoms with Crippen LogP contribution in [0.5, 0.6) is 0 Å². The summed E-state index contributed by atoms with van der Waals surface area (Å²) < 4.78 is 28.1. The lowest BCUT2D eigenvalue weighted by atomic mass is 9.87. The average molecular weight is 367 g/mol. The van der Waals surface area contributed by atoms with Crippen molar-refractivity contribution in [1.82, 2.24) is 4.98 Å². The molecular weight excluding hydrogens is 352 g/mol. The summed E-state index contributed by atoms with van der Waals surface area (Å²) in [6.45, 7) is 4.52. The van der Waals surface area contributed by atoms with Crippen LogP contribution >= 0.6 is 15.9 Å². The van der Waals surface area contributed by atoms with Crippen LogP contribution in [0.2, 0.25) is 0 Å². The number of sulfonamides is 1. The number of para-hydroxylation sites is 1. The minimum Gasteiger partial charge on any atom is -0.264 e. The standard InChI is InChI=1S/C15H15BrN2O2S/c1-15(2)10-18(14-12(15)6-3-7-13(14)16)21(19,20)11-5-4-8-17-9-11/h3-9H,10H2,1-2H3. The predicted molar refractivity (Wildman–Crippen MR) is 85.9 cm³/mol. The van der Waals surface area contributed by atoms with Crippen molar-refractivity contribution in [1.29, 1.82) is 0 Å². The molecule has 0 amide bonds. The highest BCUT2D eigenvalue weighted by atomic mass is 79.9. The third kappa shape index (κ3) is 2.26. The van der Waals surface area contributed by atoms with Crippen LogP contribution in [0, 0.1) is 0 Å². The number of halogens is 1. The summed E-state index contributed by atoms with van der Waals surface area (Å²) in [5.41, 5.74) is 1.53. The van der Waals surface area contributed by atoms with Crippen molar-refractivity contribution in [2.45, 2.75) is 24.2 Å². The third-order valence-corrected chi connectivity index (χ3v) is 6.10.